The molecule has 20 heavy (non-hydrogen) atoms. The van der Waals surface area contributed by atoms with E-state index in [0.717, 1.165) is 31.4 Å². The Morgan fingerprint density at radius 3 is 2.60 bits per heavy atom. The zero-order valence-electron chi connectivity index (χ0n) is 11.8. The molecule has 0 aromatic carbocycles. The van der Waals surface area contributed by atoms with Crippen LogP contribution in [0.2, 0.25) is 0 Å². The average molecular weight is 277 g/mol. The van der Waals surface area contributed by atoms with E-state index in [4.69, 9.17) is 0 Å². The number of urea groups is 1. The number of carbonyl (C=O) groups excluding carboxylic acids is 1. The fourth-order valence-corrected chi connectivity index (χ4v) is 2.54. The molecule has 1 saturated carbocycles. The van der Waals surface area contributed by atoms with E-state index in [1.54, 1.807) is 6.20 Å². The van der Waals surface area contributed by atoms with Crippen molar-refractivity contribution in [1.29, 1.82) is 0 Å². The van der Waals surface area contributed by atoms with Crippen LogP contribution in [0, 0.1) is 0 Å². The molecule has 1 fully saturated rings. The van der Waals surface area contributed by atoms with E-state index in [1.165, 1.54) is 12.8 Å². The second-order valence-electron chi connectivity index (χ2n) is 5.50. The lowest BCUT2D eigenvalue weighted by Crippen LogP contribution is -2.46. The van der Waals surface area contributed by atoms with Crippen LogP contribution in [0.4, 0.5) is 4.79 Å². The van der Waals surface area contributed by atoms with E-state index < -0.39 is 5.60 Å². The first-order chi connectivity index (χ1) is 9.68. The van der Waals surface area contributed by atoms with E-state index in [-0.39, 0.29) is 6.03 Å². The van der Waals surface area contributed by atoms with Gasteiger partial charge in [-0.05, 0) is 25.0 Å². The summed E-state index contributed by atoms with van der Waals surface area (Å²) in [5.41, 5.74) is 0.0783. The topological polar surface area (TPSA) is 74.2 Å². The number of rotatable bonds is 4. The minimum Gasteiger partial charge on any atom is -0.388 e. The smallest absolute Gasteiger partial charge is 0.315 e. The third-order valence-corrected chi connectivity index (χ3v) is 3.77. The summed E-state index contributed by atoms with van der Waals surface area (Å²) < 4.78 is 0. The Morgan fingerprint density at radius 2 is 1.95 bits per heavy atom. The van der Waals surface area contributed by atoms with Gasteiger partial charge in [-0.25, -0.2) is 4.79 Å². The van der Waals surface area contributed by atoms with Gasteiger partial charge < -0.3 is 15.7 Å². The highest BCUT2D eigenvalue weighted by molar-refractivity contribution is 5.73. The van der Waals surface area contributed by atoms with Crippen LogP contribution in [0.5, 0.6) is 0 Å². The first-order valence-electron chi connectivity index (χ1n) is 7.32. The predicted molar refractivity (Wildman–Crippen MR) is 77.1 cm³/mol. The first-order valence-corrected chi connectivity index (χ1v) is 7.32. The van der Waals surface area contributed by atoms with Gasteiger partial charge in [0.15, 0.2) is 0 Å². The number of aromatic nitrogens is 1. The van der Waals surface area contributed by atoms with Crippen molar-refractivity contribution in [2.75, 3.05) is 6.54 Å². The lowest BCUT2D eigenvalue weighted by molar-refractivity contribution is 0.0276. The van der Waals surface area contributed by atoms with Crippen LogP contribution >= 0.6 is 0 Å². The fourth-order valence-electron chi connectivity index (χ4n) is 2.54. The third kappa shape index (κ3) is 4.81. The number of amides is 2. The Bertz CT molecular complexity index is 414. The van der Waals surface area contributed by atoms with E-state index in [0.29, 0.717) is 13.1 Å². The molecule has 0 bridgehead atoms. The molecule has 0 saturated heterocycles. The molecule has 2 amide bonds. The molecular formula is C15H23N3O2. The van der Waals surface area contributed by atoms with Crippen molar-refractivity contribution in [3.63, 3.8) is 0 Å². The van der Waals surface area contributed by atoms with Gasteiger partial charge in [0.2, 0.25) is 0 Å². The van der Waals surface area contributed by atoms with Crippen molar-refractivity contribution >= 4 is 6.03 Å². The van der Waals surface area contributed by atoms with Gasteiger partial charge in [-0.3, -0.25) is 4.98 Å². The summed E-state index contributed by atoms with van der Waals surface area (Å²) in [5, 5.41) is 15.9. The fraction of sp³-hybridized carbons (Fsp3) is 0.600. The highest BCUT2D eigenvalue weighted by Crippen LogP contribution is 2.26. The summed E-state index contributed by atoms with van der Waals surface area (Å²) in [5.74, 6) is 0. The van der Waals surface area contributed by atoms with Crippen molar-refractivity contribution < 1.29 is 9.90 Å². The molecule has 0 unspecified atom stereocenters. The van der Waals surface area contributed by atoms with Gasteiger partial charge in [0.1, 0.15) is 0 Å². The molecule has 1 aliphatic rings. The minimum absolute atomic E-state index is 0.256. The Kier molecular flexibility index (Phi) is 5.35. The molecule has 2 rings (SSSR count). The molecule has 1 aromatic heterocycles. The van der Waals surface area contributed by atoms with Gasteiger partial charge in [0, 0.05) is 12.7 Å². The van der Waals surface area contributed by atoms with Gasteiger partial charge in [-0.2, -0.15) is 0 Å². The Morgan fingerprint density at radius 1 is 1.20 bits per heavy atom. The van der Waals surface area contributed by atoms with E-state index >= 15 is 0 Å². The van der Waals surface area contributed by atoms with E-state index in [9.17, 15) is 9.90 Å². The van der Waals surface area contributed by atoms with Crippen LogP contribution < -0.4 is 10.6 Å². The van der Waals surface area contributed by atoms with Crippen LogP contribution in [0.3, 0.4) is 0 Å². The number of hydrogen-bond donors (Lipinski definition) is 3. The third-order valence-electron chi connectivity index (χ3n) is 3.77. The molecule has 5 heteroatoms. The molecule has 1 aliphatic carbocycles. The van der Waals surface area contributed by atoms with Crippen molar-refractivity contribution in [3.8, 4) is 0 Å². The number of nitrogens with one attached hydrogen (secondary N) is 2. The van der Waals surface area contributed by atoms with E-state index in [2.05, 4.69) is 15.6 Å². The monoisotopic (exact) mass is 277 g/mol. The molecule has 1 aromatic rings. The molecule has 0 spiro atoms. The normalized spacial score (nSPS) is 18.1. The standard InChI is InChI=1S/C15H23N3O2/c19-14(17-11-13-7-3-6-10-16-13)18-12-15(20)8-4-1-2-5-9-15/h3,6-7,10,20H,1-2,4-5,8-9,11-12H2,(H2,17,18,19). The van der Waals surface area contributed by atoms with Gasteiger partial charge in [-0.1, -0.05) is 31.7 Å². The number of carbonyl (C=O) groups is 1. The second kappa shape index (κ2) is 7.24. The van der Waals surface area contributed by atoms with Crippen molar-refractivity contribution in [2.24, 2.45) is 0 Å². The Balaban J connectivity index is 1.71. The lowest BCUT2D eigenvalue weighted by Gasteiger charge is -2.26. The number of pyridine rings is 1. The van der Waals surface area contributed by atoms with Crippen molar-refractivity contribution in [1.82, 2.24) is 15.6 Å². The van der Waals surface area contributed by atoms with Crippen molar-refractivity contribution in [3.05, 3.63) is 30.1 Å². The second-order valence-corrected chi connectivity index (χ2v) is 5.50. The Hall–Kier alpha value is -1.62. The summed E-state index contributed by atoms with van der Waals surface area (Å²) in [7, 11) is 0. The van der Waals surface area contributed by atoms with Gasteiger partial charge in [0.25, 0.3) is 0 Å². The Labute approximate surface area is 119 Å². The lowest BCUT2D eigenvalue weighted by atomic mass is 9.95. The summed E-state index contributed by atoms with van der Waals surface area (Å²) in [4.78, 5) is 15.9. The quantitative estimate of drug-likeness (QED) is 0.737. The molecular weight excluding hydrogens is 254 g/mol. The van der Waals surface area contributed by atoms with Gasteiger partial charge in [-0.15, -0.1) is 0 Å². The maximum absolute atomic E-state index is 11.7. The maximum atomic E-state index is 11.7. The van der Waals surface area contributed by atoms with E-state index in [1.807, 2.05) is 18.2 Å². The minimum atomic E-state index is -0.737. The summed E-state index contributed by atoms with van der Waals surface area (Å²) in [6.45, 7) is 0.714. The zero-order valence-corrected chi connectivity index (χ0v) is 11.8. The summed E-state index contributed by atoms with van der Waals surface area (Å²) in [6.07, 6.45) is 7.66. The molecule has 5 nitrogen and oxygen atoms in total. The summed E-state index contributed by atoms with van der Waals surface area (Å²) in [6, 6.07) is 5.33. The average Bonchev–Trinajstić information content (AvgIpc) is 2.69. The molecule has 3 N–H and O–H groups in total. The van der Waals surface area contributed by atoms with Crippen molar-refractivity contribution in [2.45, 2.75) is 50.7 Å². The zero-order chi connectivity index (χ0) is 14.3. The molecule has 0 radical (unpaired) electrons. The molecule has 110 valence electrons. The molecule has 0 aliphatic heterocycles. The highest BCUT2D eigenvalue weighted by Gasteiger charge is 2.28. The van der Waals surface area contributed by atoms with Crippen LogP contribution in [-0.4, -0.2) is 28.3 Å². The summed E-state index contributed by atoms with van der Waals surface area (Å²) >= 11 is 0. The molecule has 1 heterocycles. The van der Waals surface area contributed by atoms with Crippen LogP contribution in [-0.2, 0) is 6.54 Å². The number of aliphatic hydroxyl groups is 1. The predicted octanol–water partition coefficient (Wildman–Crippen LogP) is 1.97. The number of nitrogens with zero attached hydrogens (tertiary/aromatic N) is 1. The van der Waals surface area contributed by atoms with Crippen LogP contribution in [0.15, 0.2) is 24.4 Å². The van der Waals surface area contributed by atoms with Gasteiger partial charge >= 0.3 is 6.03 Å². The number of hydrogen-bond acceptors (Lipinski definition) is 3. The molecule has 0 atom stereocenters. The van der Waals surface area contributed by atoms with Crippen LogP contribution in [0.1, 0.15) is 44.2 Å². The SMILES string of the molecule is O=C(NCc1ccccn1)NCC1(O)CCCCCC1. The first kappa shape index (κ1) is 14.8. The van der Waals surface area contributed by atoms with Gasteiger partial charge in [0.05, 0.1) is 17.8 Å². The highest BCUT2D eigenvalue weighted by atomic mass is 16.3. The van der Waals surface area contributed by atoms with Crippen LogP contribution in [0.25, 0.3) is 0 Å². The maximum Gasteiger partial charge on any atom is 0.315 e. The largest absolute Gasteiger partial charge is 0.388 e.